The van der Waals surface area contributed by atoms with Crippen molar-refractivity contribution in [3.8, 4) is 0 Å². The summed E-state index contributed by atoms with van der Waals surface area (Å²) in [7, 11) is 0. The number of amides is 1. The first-order valence-corrected chi connectivity index (χ1v) is 6.61. The average molecular weight is 239 g/mol. The summed E-state index contributed by atoms with van der Waals surface area (Å²) in [5.41, 5.74) is 0. The van der Waals surface area contributed by atoms with Crippen molar-refractivity contribution in [2.24, 2.45) is 5.92 Å². The van der Waals surface area contributed by atoms with E-state index in [1.807, 2.05) is 5.38 Å². The molecule has 1 amide bonds. The third-order valence-corrected chi connectivity index (χ3v) is 3.63. The molecule has 0 unspecified atom stereocenters. The van der Waals surface area contributed by atoms with Crippen LogP contribution in [-0.2, 0) is 11.2 Å². The van der Waals surface area contributed by atoms with Crippen LogP contribution in [0, 0.1) is 5.92 Å². The summed E-state index contributed by atoms with van der Waals surface area (Å²) in [6.07, 6.45) is 4.75. The van der Waals surface area contributed by atoms with Gasteiger partial charge in [0.05, 0.1) is 10.9 Å². The number of carbonyl (C=O) groups excluding carboxylic acids is 1. The molecule has 0 radical (unpaired) electrons. The van der Waals surface area contributed by atoms with Crippen molar-refractivity contribution in [3.05, 3.63) is 16.6 Å². The summed E-state index contributed by atoms with van der Waals surface area (Å²) in [6, 6.07) is 0. The van der Waals surface area contributed by atoms with E-state index in [4.69, 9.17) is 0 Å². The molecule has 1 aromatic rings. The largest absolute Gasteiger partial charge is 0.355 e. The Morgan fingerprint density at radius 1 is 1.69 bits per heavy atom. The molecule has 1 saturated heterocycles. The lowest BCUT2D eigenvalue weighted by Gasteiger charge is -2.21. The number of hydrogen-bond acceptors (Lipinski definition) is 4. The molecule has 1 aliphatic heterocycles. The highest BCUT2D eigenvalue weighted by Gasteiger charge is 2.20. The smallest absolute Gasteiger partial charge is 0.224 e. The molecule has 0 aromatic carbocycles. The zero-order chi connectivity index (χ0) is 11.2. The monoisotopic (exact) mass is 239 g/mol. The summed E-state index contributed by atoms with van der Waals surface area (Å²) in [5, 5.41) is 9.27. The summed E-state index contributed by atoms with van der Waals surface area (Å²) < 4.78 is 0. The van der Waals surface area contributed by atoms with Gasteiger partial charge in [-0.05, 0) is 19.4 Å². The SMILES string of the molecule is O=C(NCCc1nccs1)[C@H]1CCCNC1. The van der Waals surface area contributed by atoms with Gasteiger partial charge >= 0.3 is 0 Å². The van der Waals surface area contributed by atoms with Gasteiger partial charge in [-0.1, -0.05) is 0 Å². The lowest BCUT2D eigenvalue weighted by Crippen LogP contribution is -2.41. The van der Waals surface area contributed by atoms with Gasteiger partial charge in [0.1, 0.15) is 0 Å². The van der Waals surface area contributed by atoms with Crippen molar-refractivity contribution in [1.29, 1.82) is 0 Å². The molecule has 0 saturated carbocycles. The van der Waals surface area contributed by atoms with Gasteiger partial charge in [0.2, 0.25) is 5.91 Å². The van der Waals surface area contributed by atoms with E-state index >= 15 is 0 Å². The molecule has 2 rings (SSSR count). The second-order valence-corrected chi connectivity index (χ2v) is 4.99. The molecule has 4 nitrogen and oxygen atoms in total. The van der Waals surface area contributed by atoms with Crippen LogP contribution in [0.3, 0.4) is 0 Å². The van der Waals surface area contributed by atoms with E-state index in [-0.39, 0.29) is 11.8 Å². The van der Waals surface area contributed by atoms with E-state index < -0.39 is 0 Å². The van der Waals surface area contributed by atoms with Crippen molar-refractivity contribution in [1.82, 2.24) is 15.6 Å². The fraction of sp³-hybridized carbons (Fsp3) is 0.636. The molecular weight excluding hydrogens is 222 g/mol. The van der Waals surface area contributed by atoms with E-state index in [1.54, 1.807) is 17.5 Å². The molecule has 2 heterocycles. The maximum Gasteiger partial charge on any atom is 0.224 e. The van der Waals surface area contributed by atoms with Crippen molar-refractivity contribution in [3.63, 3.8) is 0 Å². The van der Waals surface area contributed by atoms with Crippen molar-refractivity contribution >= 4 is 17.2 Å². The van der Waals surface area contributed by atoms with Crippen LogP contribution >= 0.6 is 11.3 Å². The Morgan fingerprint density at radius 2 is 2.62 bits per heavy atom. The Labute approximate surface area is 99.5 Å². The standard InChI is InChI=1S/C11H17N3OS/c15-11(9-2-1-4-12-8-9)14-5-3-10-13-6-7-16-10/h6-7,9,12H,1-5,8H2,(H,14,15)/t9-/m0/s1. The number of nitrogens with zero attached hydrogens (tertiary/aromatic N) is 1. The Hall–Kier alpha value is -0.940. The number of nitrogens with one attached hydrogen (secondary N) is 2. The molecule has 0 spiro atoms. The molecule has 16 heavy (non-hydrogen) atoms. The van der Waals surface area contributed by atoms with Crippen LogP contribution in [0.2, 0.25) is 0 Å². The average Bonchev–Trinajstić information content (AvgIpc) is 2.83. The molecule has 1 atom stereocenters. The third kappa shape index (κ3) is 3.28. The number of thiazole rings is 1. The number of piperidine rings is 1. The van der Waals surface area contributed by atoms with Gasteiger partial charge < -0.3 is 10.6 Å². The first kappa shape index (κ1) is 11.5. The van der Waals surface area contributed by atoms with Gasteiger partial charge in [-0.2, -0.15) is 0 Å². The summed E-state index contributed by atoms with van der Waals surface area (Å²) in [4.78, 5) is 15.9. The summed E-state index contributed by atoms with van der Waals surface area (Å²) >= 11 is 1.64. The normalized spacial score (nSPS) is 20.6. The van der Waals surface area contributed by atoms with E-state index in [1.165, 1.54) is 0 Å². The minimum atomic E-state index is 0.157. The lowest BCUT2D eigenvalue weighted by molar-refractivity contribution is -0.125. The van der Waals surface area contributed by atoms with Gasteiger partial charge in [0.15, 0.2) is 0 Å². The predicted octanol–water partition coefficient (Wildman–Crippen LogP) is 0.801. The Morgan fingerprint density at radius 3 is 3.31 bits per heavy atom. The van der Waals surface area contributed by atoms with Crippen LogP contribution in [0.15, 0.2) is 11.6 Å². The molecule has 5 heteroatoms. The van der Waals surface area contributed by atoms with Gasteiger partial charge in [-0.15, -0.1) is 11.3 Å². The number of carbonyl (C=O) groups is 1. The molecule has 1 aromatic heterocycles. The second-order valence-electron chi connectivity index (χ2n) is 4.01. The van der Waals surface area contributed by atoms with Crippen molar-refractivity contribution in [2.45, 2.75) is 19.3 Å². The zero-order valence-corrected chi connectivity index (χ0v) is 10.1. The minimum absolute atomic E-state index is 0.157. The van der Waals surface area contributed by atoms with E-state index in [9.17, 15) is 4.79 Å². The van der Waals surface area contributed by atoms with E-state index in [2.05, 4.69) is 15.6 Å². The van der Waals surface area contributed by atoms with Crippen LogP contribution in [-0.4, -0.2) is 30.5 Å². The third-order valence-electron chi connectivity index (χ3n) is 2.79. The maximum atomic E-state index is 11.8. The van der Waals surface area contributed by atoms with Gasteiger partial charge in [0.25, 0.3) is 0 Å². The van der Waals surface area contributed by atoms with Crippen molar-refractivity contribution < 1.29 is 4.79 Å². The minimum Gasteiger partial charge on any atom is -0.355 e. The molecule has 88 valence electrons. The van der Waals surface area contributed by atoms with Gasteiger partial charge in [-0.25, -0.2) is 4.98 Å². The molecule has 1 aliphatic rings. The molecule has 1 fully saturated rings. The fourth-order valence-electron chi connectivity index (χ4n) is 1.89. The van der Waals surface area contributed by atoms with Crippen LogP contribution in [0.5, 0.6) is 0 Å². The number of rotatable bonds is 4. The quantitative estimate of drug-likeness (QED) is 0.817. The van der Waals surface area contributed by atoms with Gasteiger partial charge in [0, 0.05) is 31.1 Å². The summed E-state index contributed by atoms with van der Waals surface area (Å²) in [5.74, 6) is 0.341. The fourth-order valence-corrected chi connectivity index (χ4v) is 2.51. The zero-order valence-electron chi connectivity index (χ0n) is 9.24. The summed E-state index contributed by atoms with van der Waals surface area (Å²) in [6.45, 7) is 2.56. The molecule has 2 N–H and O–H groups in total. The highest BCUT2D eigenvalue weighted by atomic mass is 32.1. The Kier molecular flexibility index (Phi) is 4.30. The first-order valence-electron chi connectivity index (χ1n) is 5.73. The second kappa shape index (κ2) is 5.96. The first-order chi connectivity index (χ1) is 7.86. The highest BCUT2D eigenvalue weighted by molar-refractivity contribution is 7.09. The van der Waals surface area contributed by atoms with Crippen LogP contribution in [0.4, 0.5) is 0 Å². The Balaban J connectivity index is 1.67. The van der Waals surface area contributed by atoms with Crippen LogP contribution < -0.4 is 10.6 Å². The molecular formula is C11H17N3OS. The highest BCUT2D eigenvalue weighted by Crippen LogP contribution is 2.09. The van der Waals surface area contributed by atoms with Crippen LogP contribution in [0.1, 0.15) is 17.8 Å². The topological polar surface area (TPSA) is 54.0 Å². The van der Waals surface area contributed by atoms with Gasteiger partial charge in [-0.3, -0.25) is 4.79 Å². The number of aromatic nitrogens is 1. The number of hydrogen-bond donors (Lipinski definition) is 2. The lowest BCUT2D eigenvalue weighted by atomic mass is 9.99. The van der Waals surface area contributed by atoms with Crippen molar-refractivity contribution in [2.75, 3.05) is 19.6 Å². The molecule has 0 aliphatic carbocycles. The predicted molar refractivity (Wildman–Crippen MR) is 64.4 cm³/mol. The van der Waals surface area contributed by atoms with E-state index in [0.717, 1.165) is 37.4 Å². The Bertz CT molecular complexity index is 320. The van der Waals surface area contributed by atoms with Crippen LogP contribution in [0.25, 0.3) is 0 Å². The molecule has 0 bridgehead atoms. The van der Waals surface area contributed by atoms with E-state index in [0.29, 0.717) is 6.54 Å². The maximum absolute atomic E-state index is 11.8.